The van der Waals surface area contributed by atoms with Gasteiger partial charge in [-0.15, -0.1) is 0 Å². The SMILES string of the molecule is CC[C@H](C)NC(=O)[C@H](CC)N(Cc1ccc(Cl)cc1)C(=O)CN(c1ccccc1Cl)S(=O)(=O)c1ccccc1. The number of halogens is 2. The molecule has 208 valence electrons. The van der Waals surface area contributed by atoms with E-state index in [2.05, 4.69) is 5.32 Å². The van der Waals surface area contributed by atoms with Crippen molar-refractivity contribution >= 4 is 50.7 Å². The molecule has 2 amide bonds. The maximum absolute atomic E-state index is 14.0. The minimum atomic E-state index is -4.18. The summed E-state index contributed by atoms with van der Waals surface area (Å²) in [6.07, 6.45) is 1.06. The Kier molecular flexibility index (Phi) is 10.8. The van der Waals surface area contributed by atoms with Crippen molar-refractivity contribution in [2.75, 3.05) is 10.8 Å². The molecule has 0 aliphatic rings. The number of carbonyl (C=O) groups excluding carboxylic acids is 2. The minimum Gasteiger partial charge on any atom is -0.352 e. The van der Waals surface area contributed by atoms with Crippen molar-refractivity contribution in [1.82, 2.24) is 10.2 Å². The number of amides is 2. The summed E-state index contributed by atoms with van der Waals surface area (Å²) in [6.45, 7) is 5.20. The summed E-state index contributed by atoms with van der Waals surface area (Å²) in [5.41, 5.74) is 0.915. The van der Waals surface area contributed by atoms with Crippen molar-refractivity contribution < 1.29 is 18.0 Å². The quantitative estimate of drug-likeness (QED) is 0.284. The molecule has 0 unspecified atom stereocenters. The van der Waals surface area contributed by atoms with Gasteiger partial charge in [0.1, 0.15) is 12.6 Å². The van der Waals surface area contributed by atoms with Gasteiger partial charge in [-0.25, -0.2) is 8.42 Å². The summed E-state index contributed by atoms with van der Waals surface area (Å²) < 4.78 is 28.6. The van der Waals surface area contributed by atoms with Crippen LogP contribution in [0.25, 0.3) is 0 Å². The number of anilines is 1. The number of sulfonamides is 1. The van der Waals surface area contributed by atoms with Gasteiger partial charge < -0.3 is 10.2 Å². The van der Waals surface area contributed by atoms with E-state index in [1.165, 1.54) is 17.0 Å². The third-order valence-electron chi connectivity index (χ3n) is 6.38. The molecule has 39 heavy (non-hydrogen) atoms. The molecule has 1 N–H and O–H groups in total. The third-order valence-corrected chi connectivity index (χ3v) is 8.73. The molecule has 0 spiro atoms. The maximum atomic E-state index is 14.0. The van der Waals surface area contributed by atoms with Gasteiger partial charge in [-0.05, 0) is 61.7 Å². The zero-order chi connectivity index (χ0) is 28.6. The Hall–Kier alpha value is -3.07. The largest absolute Gasteiger partial charge is 0.352 e. The Morgan fingerprint density at radius 1 is 0.872 bits per heavy atom. The molecular weight excluding hydrogens is 557 g/mol. The molecule has 3 aromatic carbocycles. The molecular formula is C29H33Cl2N3O4S. The van der Waals surface area contributed by atoms with Crippen molar-refractivity contribution in [1.29, 1.82) is 0 Å². The molecule has 10 heteroatoms. The van der Waals surface area contributed by atoms with Crippen LogP contribution >= 0.6 is 23.2 Å². The van der Waals surface area contributed by atoms with Gasteiger partial charge in [0.2, 0.25) is 11.8 Å². The second kappa shape index (κ2) is 13.8. The lowest BCUT2D eigenvalue weighted by atomic mass is 10.1. The fraction of sp³-hybridized carbons (Fsp3) is 0.310. The van der Waals surface area contributed by atoms with Gasteiger partial charge >= 0.3 is 0 Å². The molecule has 0 aliphatic heterocycles. The molecule has 3 rings (SSSR count). The summed E-state index contributed by atoms with van der Waals surface area (Å²) in [5.74, 6) is -0.847. The van der Waals surface area contributed by atoms with Gasteiger partial charge in [0.25, 0.3) is 10.0 Å². The number of hydrogen-bond donors (Lipinski definition) is 1. The van der Waals surface area contributed by atoms with Gasteiger partial charge in [0, 0.05) is 17.6 Å². The highest BCUT2D eigenvalue weighted by atomic mass is 35.5. The highest BCUT2D eigenvalue weighted by molar-refractivity contribution is 7.92. The summed E-state index contributed by atoms with van der Waals surface area (Å²) in [5, 5.41) is 3.67. The Labute approximate surface area is 240 Å². The van der Waals surface area contributed by atoms with E-state index in [4.69, 9.17) is 23.2 Å². The first kappa shape index (κ1) is 30.5. The fourth-order valence-electron chi connectivity index (χ4n) is 4.03. The van der Waals surface area contributed by atoms with Crippen LogP contribution in [0.1, 0.15) is 39.2 Å². The molecule has 0 saturated carbocycles. The Bertz CT molecular complexity index is 1370. The van der Waals surface area contributed by atoms with Crippen LogP contribution < -0.4 is 9.62 Å². The van der Waals surface area contributed by atoms with Gasteiger partial charge in [-0.1, -0.05) is 79.5 Å². The van der Waals surface area contributed by atoms with E-state index in [-0.39, 0.29) is 34.1 Å². The molecule has 0 bridgehead atoms. The van der Waals surface area contributed by atoms with Crippen LogP contribution in [0.2, 0.25) is 10.0 Å². The molecule has 0 fully saturated rings. The topological polar surface area (TPSA) is 86.8 Å². The van der Waals surface area contributed by atoms with Crippen LogP contribution in [0.4, 0.5) is 5.69 Å². The predicted molar refractivity (Wildman–Crippen MR) is 156 cm³/mol. The van der Waals surface area contributed by atoms with Crippen LogP contribution in [0.3, 0.4) is 0 Å². The summed E-state index contributed by atoms with van der Waals surface area (Å²) >= 11 is 12.5. The smallest absolute Gasteiger partial charge is 0.264 e. The minimum absolute atomic E-state index is 0.0172. The monoisotopic (exact) mass is 589 g/mol. The van der Waals surface area contributed by atoms with Crippen molar-refractivity contribution in [3.63, 3.8) is 0 Å². The van der Waals surface area contributed by atoms with Crippen LogP contribution in [0.15, 0.2) is 83.8 Å². The lowest BCUT2D eigenvalue weighted by Gasteiger charge is -2.34. The van der Waals surface area contributed by atoms with Crippen molar-refractivity contribution in [3.05, 3.63) is 94.5 Å². The first-order chi connectivity index (χ1) is 18.6. The number of rotatable bonds is 12. The third kappa shape index (κ3) is 7.75. The number of hydrogen-bond acceptors (Lipinski definition) is 4. The lowest BCUT2D eigenvalue weighted by Crippen LogP contribution is -2.53. The summed E-state index contributed by atoms with van der Waals surface area (Å²) in [6, 6.07) is 20.3. The number of nitrogens with zero attached hydrogens (tertiary/aromatic N) is 2. The van der Waals surface area contributed by atoms with Gasteiger partial charge in [-0.3, -0.25) is 13.9 Å². The van der Waals surface area contributed by atoms with Crippen molar-refractivity contribution in [2.24, 2.45) is 0 Å². The highest BCUT2D eigenvalue weighted by Gasteiger charge is 2.34. The van der Waals surface area contributed by atoms with Crippen molar-refractivity contribution in [2.45, 2.75) is 57.1 Å². The number of carbonyl (C=O) groups is 2. The van der Waals surface area contributed by atoms with E-state index in [1.54, 1.807) is 66.7 Å². The molecule has 0 aliphatic carbocycles. The molecule has 0 saturated heterocycles. The highest BCUT2D eigenvalue weighted by Crippen LogP contribution is 2.30. The average Bonchev–Trinajstić information content (AvgIpc) is 2.93. The maximum Gasteiger partial charge on any atom is 0.264 e. The van der Waals surface area contributed by atoms with Gasteiger partial charge in [0.05, 0.1) is 15.6 Å². The van der Waals surface area contributed by atoms with Gasteiger partial charge in [-0.2, -0.15) is 0 Å². The van der Waals surface area contributed by atoms with E-state index in [0.29, 0.717) is 11.4 Å². The average molecular weight is 591 g/mol. The van der Waals surface area contributed by atoms with Crippen LogP contribution in [-0.2, 0) is 26.2 Å². The van der Waals surface area contributed by atoms with E-state index in [9.17, 15) is 18.0 Å². The molecule has 0 aromatic heterocycles. The molecule has 3 aromatic rings. The molecule has 2 atom stereocenters. The van der Waals surface area contributed by atoms with E-state index < -0.39 is 28.5 Å². The fourth-order valence-corrected chi connectivity index (χ4v) is 5.90. The summed E-state index contributed by atoms with van der Waals surface area (Å²) in [4.78, 5) is 28.7. The van der Waals surface area contributed by atoms with Crippen LogP contribution in [0.5, 0.6) is 0 Å². The number of benzene rings is 3. The zero-order valence-corrected chi connectivity index (χ0v) is 24.5. The zero-order valence-electron chi connectivity index (χ0n) is 22.2. The van der Waals surface area contributed by atoms with Crippen molar-refractivity contribution in [3.8, 4) is 0 Å². The normalized spacial score (nSPS) is 12.8. The summed E-state index contributed by atoms with van der Waals surface area (Å²) in [7, 11) is -4.18. The second-order valence-electron chi connectivity index (χ2n) is 9.17. The van der Waals surface area contributed by atoms with Gasteiger partial charge in [0.15, 0.2) is 0 Å². The standard InChI is InChI=1S/C29H33Cl2N3O4S/c1-4-21(3)32-29(36)26(5-2)33(19-22-15-17-23(30)18-16-22)28(35)20-34(27-14-10-9-13-25(27)31)39(37,38)24-11-7-6-8-12-24/h6-18,21,26H,4-5,19-20H2,1-3H3,(H,32,36)/t21-,26-/m0/s1. The van der Waals surface area contributed by atoms with Crippen LogP contribution in [0, 0.1) is 0 Å². The van der Waals surface area contributed by atoms with E-state index in [1.807, 2.05) is 20.8 Å². The van der Waals surface area contributed by atoms with E-state index >= 15 is 0 Å². The van der Waals surface area contributed by atoms with E-state index in [0.717, 1.165) is 16.3 Å². The van der Waals surface area contributed by atoms with Crippen LogP contribution in [-0.4, -0.2) is 43.8 Å². The lowest BCUT2D eigenvalue weighted by molar-refractivity contribution is -0.140. The number of nitrogens with one attached hydrogen (secondary N) is 1. The predicted octanol–water partition coefficient (Wildman–Crippen LogP) is 5.91. The molecule has 7 nitrogen and oxygen atoms in total. The molecule has 0 heterocycles. The Balaban J connectivity index is 2.05. The Morgan fingerprint density at radius 3 is 2.08 bits per heavy atom. The Morgan fingerprint density at radius 2 is 1.49 bits per heavy atom. The number of para-hydroxylation sites is 1. The second-order valence-corrected chi connectivity index (χ2v) is 11.9. The first-order valence-electron chi connectivity index (χ1n) is 12.7. The molecule has 0 radical (unpaired) electrons. The first-order valence-corrected chi connectivity index (χ1v) is 14.9.